The molecule has 1 N–H and O–H groups in total. The van der Waals surface area contributed by atoms with Crippen LogP contribution in [0.25, 0.3) is 0 Å². The van der Waals surface area contributed by atoms with Crippen LogP contribution in [0.2, 0.25) is 0 Å². The van der Waals surface area contributed by atoms with Crippen molar-refractivity contribution < 1.29 is 23.4 Å². The van der Waals surface area contributed by atoms with Gasteiger partial charge in [0, 0.05) is 12.1 Å². The van der Waals surface area contributed by atoms with Crippen LogP contribution >= 0.6 is 0 Å². The van der Waals surface area contributed by atoms with Crippen molar-refractivity contribution in [3.8, 4) is 11.5 Å². The number of anilines is 1. The molecule has 0 bridgehead atoms. The Morgan fingerprint density at radius 3 is 2.17 bits per heavy atom. The summed E-state index contributed by atoms with van der Waals surface area (Å²) in [5.74, 6) is -0.564. The Balaban J connectivity index is 2.05. The Hall–Kier alpha value is -2.76. The van der Waals surface area contributed by atoms with E-state index in [0.29, 0.717) is 18.9 Å². The number of benzene rings is 2. The fourth-order valence-corrected chi connectivity index (χ4v) is 2.04. The molecule has 0 aromatic heterocycles. The monoisotopic (exact) mass is 333 g/mol. The fraction of sp³-hybridized carbons (Fsp3) is 0.278. The molecule has 0 saturated heterocycles. The van der Waals surface area contributed by atoms with E-state index in [0.717, 1.165) is 5.56 Å². The Kier molecular flexibility index (Phi) is 6.42. The molecular weight excluding hydrogens is 313 g/mol. The third kappa shape index (κ3) is 4.87. The van der Waals surface area contributed by atoms with Crippen LogP contribution in [0.3, 0.4) is 0 Å². The lowest BCUT2D eigenvalue weighted by Gasteiger charge is -2.13. The van der Waals surface area contributed by atoms with Crippen molar-refractivity contribution in [3.63, 3.8) is 0 Å². The van der Waals surface area contributed by atoms with Gasteiger partial charge in [-0.15, -0.1) is 0 Å². The molecule has 0 spiro atoms. The van der Waals surface area contributed by atoms with Crippen LogP contribution in [0.4, 0.5) is 14.9 Å². The molecule has 0 radical (unpaired) electrons. The second kappa shape index (κ2) is 8.76. The Bertz CT molecular complexity index is 649. The van der Waals surface area contributed by atoms with Gasteiger partial charge in [0.1, 0.15) is 6.61 Å². The van der Waals surface area contributed by atoms with E-state index in [2.05, 4.69) is 5.32 Å². The van der Waals surface area contributed by atoms with Crippen LogP contribution < -0.4 is 14.8 Å². The average molecular weight is 333 g/mol. The molecule has 2 aromatic rings. The lowest BCUT2D eigenvalue weighted by Crippen LogP contribution is -2.14. The summed E-state index contributed by atoms with van der Waals surface area (Å²) in [5.41, 5.74) is 1.21. The molecule has 0 unspecified atom stereocenters. The fourth-order valence-electron chi connectivity index (χ4n) is 2.04. The maximum Gasteiger partial charge on any atom is 0.411 e. The topological polar surface area (TPSA) is 56.8 Å². The summed E-state index contributed by atoms with van der Waals surface area (Å²) in [6, 6.07) is 12.1. The minimum atomic E-state index is -0.643. The molecule has 0 heterocycles. The molecule has 1 amide bonds. The predicted octanol–water partition coefficient (Wildman–Crippen LogP) is 4.37. The van der Waals surface area contributed by atoms with E-state index < -0.39 is 11.9 Å². The largest absolute Gasteiger partial charge is 0.491 e. The second-order valence-electron chi connectivity index (χ2n) is 4.84. The van der Waals surface area contributed by atoms with Crippen LogP contribution in [0.15, 0.2) is 42.5 Å². The average Bonchev–Trinajstić information content (AvgIpc) is 2.58. The van der Waals surface area contributed by atoms with Crippen LogP contribution in [0.5, 0.6) is 11.5 Å². The number of hydrogen-bond acceptors (Lipinski definition) is 4. The highest BCUT2D eigenvalue weighted by molar-refractivity contribution is 5.85. The summed E-state index contributed by atoms with van der Waals surface area (Å²) in [6.07, 6.45) is -0.643. The van der Waals surface area contributed by atoms with Gasteiger partial charge in [-0.25, -0.2) is 4.79 Å². The lowest BCUT2D eigenvalue weighted by atomic mass is 10.2. The maximum absolute atomic E-state index is 14.1. The molecule has 0 atom stereocenters. The van der Waals surface area contributed by atoms with Gasteiger partial charge in [0.2, 0.25) is 5.82 Å². The molecule has 128 valence electrons. The van der Waals surface area contributed by atoms with E-state index in [1.54, 1.807) is 13.8 Å². The zero-order valence-corrected chi connectivity index (χ0v) is 13.7. The number of hydrogen-bond donors (Lipinski definition) is 1. The van der Waals surface area contributed by atoms with Crippen molar-refractivity contribution in [1.29, 1.82) is 0 Å². The summed E-state index contributed by atoms with van der Waals surface area (Å²) in [7, 11) is 0. The van der Waals surface area contributed by atoms with Crippen molar-refractivity contribution in [2.24, 2.45) is 0 Å². The van der Waals surface area contributed by atoms with Crippen molar-refractivity contribution in [2.45, 2.75) is 20.5 Å². The Morgan fingerprint density at radius 1 is 1.04 bits per heavy atom. The summed E-state index contributed by atoms with van der Waals surface area (Å²) in [6.45, 7) is 4.22. The van der Waals surface area contributed by atoms with Crippen LogP contribution in [-0.4, -0.2) is 19.3 Å². The highest BCUT2D eigenvalue weighted by Gasteiger charge is 2.15. The SMILES string of the molecule is CCOc1cc(NC(=O)OCc2ccccc2)cc(OCC)c1F. The van der Waals surface area contributed by atoms with Crippen LogP contribution in [0.1, 0.15) is 19.4 Å². The minimum absolute atomic E-state index is 0.0156. The normalized spacial score (nSPS) is 10.1. The third-order valence-corrected chi connectivity index (χ3v) is 3.06. The molecule has 5 nitrogen and oxygen atoms in total. The van der Waals surface area contributed by atoms with Crippen LogP contribution in [0, 0.1) is 5.82 Å². The third-order valence-electron chi connectivity index (χ3n) is 3.06. The molecule has 0 saturated carbocycles. The van der Waals surface area contributed by atoms with Gasteiger partial charge in [0.05, 0.1) is 18.9 Å². The van der Waals surface area contributed by atoms with Gasteiger partial charge < -0.3 is 14.2 Å². The molecule has 2 rings (SSSR count). The Morgan fingerprint density at radius 2 is 1.62 bits per heavy atom. The van der Waals surface area contributed by atoms with Gasteiger partial charge in [0.15, 0.2) is 11.5 Å². The van der Waals surface area contributed by atoms with E-state index in [1.807, 2.05) is 30.3 Å². The summed E-state index contributed by atoms with van der Waals surface area (Å²) >= 11 is 0. The summed E-state index contributed by atoms with van der Waals surface area (Å²) < 4.78 is 29.7. The van der Waals surface area contributed by atoms with E-state index in [1.165, 1.54) is 12.1 Å². The second-order valence-corrected chi connectivity index (χ2v) is 4.84. The first-order valence-electron chi connectivity index (χ1n) is 7.70. The number of halogens is 1. The number of rotatable bonds is 7. The quantitative estimate of drug-likeness (QED) is 0.817. The first-order chi connectivity index (χ1) is 11.6. The zero-order valence-electron chi connectivity index (χ0n) is 13.7. The van der Waals surface area contributed by atoms with Gasteiger partial charge in [-0.2, -0.15) is 4.39 Å². The first-order valence-corrected chi connectivity index (χ1v) is 7.70. The number of ether oxygens (including phenoxy) is 3. The highest BCUT2D eigenvalue weighted by Crippen LogP contribution is 2.31. The van der Waals surface area contributed by atoms with E-state index >= 15 is 0 Å². The number of carbonyl (C=O) groups is 1. The van der Waals surface area contributed by atoms with Crippen molar-refractivity contribution in [3.05, 3.63) is 53.8 Å². The number of carbonyl (C=O) groups excluding carboxylic acids is 1. The molecular formula is C18H20FNO4. The molecule has 6 heteroatoms. The van der Waals surface area contributed by atoms with Crippen LogP contribution in [-0.2, 0) is 11.3 Å². The predicted molar refractivity (Wildman–Crippen MR) is 89.0 cm³/mol. The van der Waals surface area contributed by atoms with Gasteiger partial charge >= 0.3 is 6.09 Å². The van der Waals surface area contributed by atoms with Gasteiger partial charge in [-0.3, -0.25) is 5.32 Å². The van der Waals surface area contributed by atoms with Crippen molar-refractivity contribution in [1.82, 2.24) is 0 Å². The molecule has 0 aliphatic carbocycles. The molecule has 0 aliphatic rings. The molecule has 0 aliphatic heterocycles. The van der Waals surface area contributed by atoms with Gasteiger partial charge in [-0.05, 0) is 19.4 Å². The summed E-state index contributed by atoms with van der Waals surface area (Å²) in [5, 5.41) is 2.55. The minimum Gasteiger partial charge on any atom is -0.491 e. The molecule has 24 heavy (non-hydrogen) atoms. The number of nitrogens with one attached hydrogen (secondary N) is 1. The molecule has 0 fully saturated rings. The summed E-state index contributed by atoms with van der Waals surface area (Å²) in [4.78, 5) is 11.9. The van der Waals surface area contributed by atoms with Gasteiger partial charge in [0.25, 0.3) is 0 Å². The smallest absolute Gasteiger partial charge is 0.411 e. The maximum atomic E-state index is 14.1. The zero-order chi connectivity index (χ0) is 17.4. The molecule has 2 aromatic carbocycles. The Labute approximate surface area is 140 Å². The standard InChI is InChI=1S/C18H20FNO4/c1-3-22-15-10-14(11-16(17(15)19)23-4-2)20-18(21)24-12-13-8-6-5-7-9-13/h5-11H,3-4,12H2,1-2H3,(H,20,21). The number of amides is 1. The highest BCUT2D eigenvalue weighted by atomic mass is 19.1. The van der Waals surface area contributed by atoms with E-state index in [9.17, 15) is 9.18 Å². The van der Waals surface area contributed by atoms with Crippen molar-refractivity contribution >= 4 is 11.8 Å². The first kappa shape index (κ1) is 17.6. The van der Waals surface area contributed by atoms with Crippen molar-refractivity contribution in [2.75, 3.05) is 18.5 Å². The van der Waals surface area contributed by atoms with Gasteiger partial charge in [-0.1, -0.05) is 30.3 Å². The van der Waals surface area contributed by atoms with E-state index in [-0.39, 0.29) is 18.1 Å². The lowest BCUT2D eigenvalue weighted by molar-refractivity contribution is 0.155. The van der Waals surface area contributed by atoms with E-state index in [4.69, 9.17) is 14.2 Å².